The molecular weight excluding hydrogens is 414 g/mol. The SMILES string of the molecule is Cn1cnnc1SCC(=O)Nc1cccc(C(=O)NCCc2cn3ccccc3n2)c1. The lowest BCUT2D eigenvalue weighted by Gasteiger charge is -2.08. The monoisotopic (exact) mass is 435 g/mol. The predicted octanol–water partition coefficient (Wildman–Crippen LogP) is 2.17. The van der Waals surface area contributed by atoms with Gasteiger partial charge < -0.3 is 19.6 Å². The van der Waals surface area contributed by atoms with Crippen molar-refractivity contribution in [2.24, 2.45) is 7.05 Å². The molecule has 4 aromatic rings. The number of aryl methyl sites for hydroxylation is 1. The van der Waals surface area contributed by atoms with Crippen LogP contribution in [0.1, 0.15) is 16.1 Å². The van der Waals surface area contributed by atoms with Crippen LogP contribution in [0.5, 0.6) is 0 Å². The molecule has 0 aliphatic heterocycles. The quantitative estimate of drug-likeness (QED) is 0.411. The Morgan fingerprint density at radius 2 is 2.06 bits per heavy atom. The lowest BCUT2D eigenvalue weighted by atomic mass is 10.2. The van der Waals surface area contributed by atoms with Crippen LogP contribution in [-0.2, 0) is 18.3 Å². The predicted molar refractivity (Wildman–Crippen MR) is 118 cm³/mol. The molecule has 158 valence electrons. The molecule has 3 heterocycles. The van der Waals surface area contributed by atoms with Crippen molar-refractivity contribution >= 4 is 34.9 Å². The maximum Gasteiger partial charge on any atom is 0.251 e. The first-order valence-corrected chi connectivity index (χ1v) is 10.6. The van der Waals surface area contributed by atoms with Crippen LogP contribution >= 0.6 is 11.8 Å². The van der Waals surface area contributed by atoms with Crippen molar-refractivity contribution in [2.75, 3.05) is 17.6 Å². The fraction of sp³-hybridized carbons (Fsp3) is 0.190. The molecule has 3 aromatic heterocycles. The summed E-state index contributed by atoms with van der Waals surface area (Å²) < 4.78 is 3.70. The molecule has 2 amide bonds. The lowest BCUT2D eigenvalue weighted by molar-refractivity contribution is -0.113. The highest BCUT2D eigenvalue weighted by Crippen LogP contribution is 2.15. The number of hydrogen-bond acceptors (Lipinski definition) is 6. The fourth-order valence-electron chi connectivity index (χ4n) is 2.98. The number of anilines is 1. The zero-order chi connectivity index (χ0) is 21.6. The minimum Gasteiger partial charge on any atom is -0.352 e. The highest BCUT2D eigenvalue weighted by Gasteiger charge is 2.10. The van der Waals surface area contributed by atoms with E-state index >= 15 is 0 Å². The molecule has 0 saturated carbocycles. The Morgan fingerprint density at radius 3 is 2.87 bits per heavy atom. The average Bonchev–Trinajstić information content (AvgIpc) is 3.37. The van der Waals surface area contributed by atoms with E-state index in [0.29, 0.717) is 29.4 Å². The van der Waals surface area contributed by atoms with Gasteiger partial charge in [0.15, 0.2) is 5.16 Å². The number of aromatic nitrogens is 5. The summed E-state index contributed by atoms with van der Waals surface area (Å²) >= 11 is 1.29. The number of carbonyl (C=O) groups is 2. The van der Waals surface area contributed by atoms with E-state index < -0.39 is 0 Å². The number of benzene rings is 1. The standard InChI is InChI=1S/C21H21N7O2S/c1-27-14-23-26-21(27)31-13-19(29)25-16-6-4-5-15(11-16)20(30)22-9-8-17-12-28-10-3-2-7-18(28)24-17/h2-7,10-12,14H,8-9,13H2,1H3,(H,22,30)(H,25,29). The molecular formula is C21H21N7O2S. The summed E-state index contributed by atoms with van der Waals surface area (Å²) in [6, 6.07) is 12.7. The van der Waals surface area contributed by atoms with Crippen LogP contribution in [0.15, 0.2) is 66.3 Å². The molecule has 10 heteroatoms. The van der Waals surface area contributed by atoms with Gasteiger partial charge in [-0.25, -0.2) is 4.98 Å². The number of amides is 2. The Balaban J connectivity index is 1.28. The van der Waals surface area contributed by atoms with Gasteiger partial charge in [0.2, 0.25) is 5.91 Å². The molecule has 9 nitrogen and oxygen atoms in total. The molecule has 0 aliphatic carbocycles. The summed E-state index contributed by atoms with van der Waals surface area (Å²) in [5.74, 6) is -0.187. The van der Waals surface area contributed by atoms with Gasteiger partial charge in [-0.3, -0.25) is 9.59 Å². The second kappa shape index (κ2) is 9.43. The Labute approximate surface area is 182 Å². The number of rotatable bonds is 8. The van der Waals surface area contributed by atoms with E-state index in [1.54, 1.807) is 35.2 Å². The number of pyridine rings is 1. The van der Waals surface area contributed by atoms with Crippen molar-refractivity contribution in [2.45, 2.75) is 11.6 Å². The second-order valence-corrected chi connectivity index (χ2v) is 7.79. The van der Waals surface area contributed by atoms with Gasteiger partial charge in [-0.1, -0.05) is 23.9 Å². The van der Waals surface area contributed by atoms with E-state index in [-0.39, 0.29) is 17.6 Å². The largest absolute Gasteiger partial charge is 0.352 e. The summed E-state index contributed by atoms with van der Waals surface area (Å²) in [5.41, 5.74) is 2.84. The van der Waals surface area contributed by atoms with Gasteiger partial charge >= 0.3 is 0 Å². The smallest absolute Gasteiger partial charge is 0.251 e. The molecule has 1 aromatic carbocycles. The fourth-order valence-corrected chi connectivity index (χ4v) is 3.67. The zero-order valence-corrected chi connectivity index (χ0v) is 17.7. The van der Waals surface area contributed by atoms with E-state index in [1.807, 2.05) is 42.0 Å². The van der Waals surface area contributed by atoms with Gasteiger partial charge in [-0.05, 0) is 30.3 Å². The van der Waals surface area contributed by atoms with Gasteiger partial charge in [0.05, 0.1) is 11.4 Å². The van der Waals surface area contributed by atoms with Crippen molar-refractivity contribution in [3.8, 4) is 0 Å². The van der Waals surface area contributed by atoms with Gasteiger partial charge in [0.1, 0.15) is 12.0 Å². The Morgan fingerprint density at radius 1 is 1.16 bits per heavy atom. The Kier molecular flexibility index (Phi) is 6.27. The van der Waals surface area contributed by atoms with Crippen LogP contribution in [-0.4, -0.2) is 48.3 Å². The number of carbonyl (C=O) groups excluding carboxylic acids is 2. The van der Waals surface area contributed by atoms with Gasteiger partial charge in [0, 0.05) is 43.7 Å². The third kappa shape index (κ3) is 5.28. The molecule has 0 fully saturated rings. The number of thioether (sulfide) groups is 1. The summed E-state index contributed by atoms with van der Waals surface area (Å²) in [7, 11) is 1.82. The van der Waals surface area contributed by atoms with Crippen molar-refractivity contribution < 1.29 is 9.59 Å². The van der Waals surface area contributed by atoms with E-state index in [2.05, 4.69) is 25.8 Å². The zero-order valence-electron chi connectivity index (χ0n) is 16.9. The summed E-state index contributed by atoms with van der Waals surface area (Å²) in [6.45, 7) is 0.466. The minimum absolute atomic E-state index is 0.183. The average molecular weight is 436 g/mol. The van der Waals surface area contributed by atoms with Crippen LogP contribution in [0, 0.1) is 0 Å². The summed E-state index contributed by atoms with van der Waals surface area (Å²) in [5, 5.41) is 14.1. The number of fused-ring (bicyclic) bond motifs is 1. The van der Waals surface area contributed by atoms with Crippen molar-refractivity contribution in [3.63, 3.8) is 0 Å². The molecule has 0 saturated heterocycles. The summed E-state index contributed by atoms with van der Waals surface area (Å²) in [4.78, 5) is 29.2. The number of imidazole rings is 1. The maximum atomic E-state index is 12.5. The molecule has 0 bridgehead atoms. The Hall–Kier alpha value is -3.66. The molecule has 0 atom stereocenters. The van der Waals surface area contributed by atoms with Gasteiger partial charge in [-0.15, -0.1) is 10.2 Å². The third-order valence-corrected chi connectivity index (χ3v) is 5.53. The highest BCUT2D eigenvalue weighted by molar-refractivity contribution is 7.99. The van der Waals surface area contributed by atoms with E-state index in [0.717, 1.165) is 11.3 Å². The third-order valence-electron chi connectivity index (χ3n) is 4.49. The second-order valence-electron chi connectivity index (χ2n) is 6.85. The van der Waals surface area contributed by atoms with Crippen LogP contribution in [0.4, 0.5) is 5.69 Å². The first-order valence-electron chi connectivity index (χ1n) is 9.66. The first-order chi connectivity index (χ1) is 15.1. The van der Waals surface area contributed by atoms with Crippen LogP contribution in [0.25, 0.3) is 5.65 Å². The molecule has 31 heavy (non-hydrogen) atoms. The maximum absolute atomic E-state index is 12.5. The molecule has 2 N–H and O–H groups in total. The molecule has 0 unspecified atom stereocenters. The normalized spacial score (nSPS) is 10.9. The van der Waals surface area contributed by atoms with Crippen LogP contribution < -0.4 is 10.6 Å². The summed E-state index contributed by atoms with van der Waals surface area (Å²) in [6.07, 6.45) is 6.10. The highest BCUT2D eigenvalue weighted by atomic mass is 32.2. The van der Waals surface area contributed by atoms with Crippen molar-refractivity contribution in [1.29, 1.82) is 0 Å². The Bertz CT molecular complexity index is 1180. The number of nitrogens with zero attached hydrogens (tertiary/aromatic N) is 5. The molecule has 4 rings (SSSR count). The van der Waals surface area contributed by atoms with E-state index in [4.69, 9.17) is 0 Å². The lowest BCUT2D eigenvalue weighted by Crippen LogP contribution is -2.26. The molecule has 0 radical (unpaired) electrons. The number of hydrogen-bond donors (Lipinski definition) is 2. The molecule has 0 aliphatic rings. The van der Waals surface area contributed by atoms with Crippen LogP contribution in [0.2, 0.25) is 0 Å². The van der Waals surface area contributed by atoms with Gasteiger partial charge in [0.25, 0.3) is 5.91 Å². The topological polar surface area (TPSA) is 106 Å². The van der Waals surface area contributed by atoms with Crippen molar-refractivity contribution in [3.05, 3.63) is 72.4 Å². The van der Waals surface area contributed by atoms with Crippen LogP contribution in [0.3, 0.4) is 0 Å². The van der Waals surface area contributed by atoms with E-state index in [9.17, 15) is 9.59 Å². The van der Waals surface area contributed by atoms with Gasteiger partial charge in [-0.2, -0.15) is 0 Å². The molecule has 0 spiro atoms. The number of nitrogens with one attached hydrogen (secondary N) is 2. The van der Waals surface area contributed by atoms with E-state index in [1.165, 1.54) is 11.8 Å². The first kappa shape index (κ1) is 20.6. The van der Waals surface area contributed by atoms with Crippen molar-refractivity contribution in [1.82, 2.24) is 29.5 Å². The minimum atomic E-state index is -0.201.